The molecule has 0 saturated carbocycles. The number of nitrogens with zero attached hydrogens (tertiary/aromatic N) is 3. The number of nitrogens with one attached hydrogen (secondary N) is 1. The van der Waals surface area contributed by atoms with E-state index in [1.807, 2.05) is 30.5 Å². The molecule has 0 spiro atoms. The summed E-state index contributed by atoms with van der Waals surface area (Å²) in [6.07, 6.45) is 5.21. The zero-order valence-electron chi connectivity index (χ0n) is 19.3. The van der Waals surface area contributed by atoms with Crippen LogP contribution in [0.15, 0.2) is 42.0 Å². The molecule has 8 nitrogen and oxygen atoms in total. The zero-order chi connectivity index (χ0) is 24.5. The molecule has 0 aliphatic carbocycles. The van der Waals surface area contributed by atoms with Crippen LogP contribution in [-0.2, 0) is 20.8 Å². The Morgan fingerprint density at radius 3 is 2.83 bits per heavy atom. The van der Waals surface area contributed by atoms with Crippen molar-refractivity contribution >= 4 is 55.6 Å². The number of aromatic nitrogens is 1. The van der Waals surface area contributed by atoms with Crippen molar-refractivity contribution in [1.29, 1.82) is 0 Å². The van der Waals surface area contributed by atoms with Crippen LogP contribution in [-0.4, -0.2) is 69.5 Å². The number of hydrogen-bond donors (Lipinski definition) is 1. The van der Waals surface area contributed by atoms with Crippen molar-refractivity contribution in [3.8, 4) is 0 Å². The van der Waals surface area contributed by atoms with E-state index in [1.54, 1.807) is 39.6 Å². The van der Waals surface area contributed by atoms with Crippen molar-refractivity contribution < 1.29 is 19.2 Å². The average molecular weight is 511 g/mol. The second-order valence-electron chi connectivity index (χ2n) is 8.93. The number of rotatable bonds is 7. The second-order valence-corrected chi connectivity index (χ2v) is 11.0. The van der Waals surface area contributed by atoms with Gasteiger partial charge in [0.05, 0.1) is 23.9 Å². The molecule has 3 amide bonds. The SMILES string of the molecule is CCCC(NC(=O)c1cc2sccc2s1)C(=O)N1CCC2C1C(=O)CN2C(=O)Cc1cccnc1. The highest BCUT2D eigenvalue weighted by molar-refractivity contribution is 7.27. The fourth-order valence-electron chi connectivity index (χ4n) is 5.02. The van der Waals surface area contributed by atoms with Crippen LogP contribution >= 0.6 is 22.7 Å². The van der Waals surface area contributed by atoms with Crippen LogP contribution in [0.5, 0.6) is 0 Å². The Balaban J connectivity index is 1.28. The number of carbonyl (C=O) groups excluding carboxylic acids is 4. The van der Waals surface area contributed by atoms with Gasteiger partial charge in [0.1, 0.15) is 12.1 Å². The molecule has 3 aromatic rings. The number of fused-ring (bicyclic) bond motifs is 2. The molecule has 3 atom stereocenters. The van der Waals surface area contributed by atoms with E-state index in [2.05, 4.69) is 10.3 Å². The third-order valence-corrected chi connectivity index (χ3v) is 8.74. The second kappa shape index (κ2) is 9.87. The van der Waals surface area contributed by atoms with Crippen molar-refractivity contribution in [2.24, 2.45) is 0 Å². The summed E-state index contributed by atoms with van der Waals surface area (Å²) in [4.78, 5) is 60.2. The van der Waals surface area contributed by atoms with E-state index in [1.165, 1.54) is 11.3 Å². The maximum atomic E-state index is 13.5. The zero-order valence-corrected chi connectivity index (χ0v) is 20.9. The minimum atomic E-state index is -0.709. The first-order valence-corrected chi connectivity index (χ1v) is 13.5. The molecule has 182 valence electrons. The van der Waals surface area contributed by atoms with Gasteiger partial charge in [-0.05, 0) is 42.0 Å². The van der Waals surface area contributed by atoms with E-state index < -0.39 is 12.1 Å². The molecule has 2 saturated heterocycles. The highest BCUT2D eigenvalue weighted by Crippen LogP contribution is 2.32. The van der Waals surface area contributed by atoms with Crippen molar-refractivity contribution in [3.05, 3.63) is 52.5 Å². The van der Waals surface area contributed by atoms with Crippen molar-refractivity contribution in [2.75, 3.05) is 13.1 Å². The van der Waals surface area contributed by atoms with Crippen LogP contribution in [0, 0.1) is 0 Å². The summed E-state index contributed by atoms with van der Waals surface area (Å²) in [5.74, 6) is -0.780. The number of Topliss-reactive ketones (excluding diaryl/α,β-unsaturated/α-hetero) is 1. The first-order chi connectivity index (χ1) is 17.0. The standard InChI is InChI=1S/C25H26N4O4S2/c1-2-4-16(27-24(32)21-12-20-19(35-21)7-10-34-20)25(33)28-9-6-17-23(28)18(30)14-29(17)22(31)11-15-5-3-8-26-13-15/h3,5,7-8,10,12-13,16-17,23H,2,4,6,9,11,14H2,1H3,(H,27,32). The Morgan fingerprint density at radius 1 is 1.23 bits per heavy atom. The molecule has 10 heteroatoms. The predicted octanol–water partition coefficient (Wildman–Crippen LogP) is 2.88. The molecule has 2 fully saturated rings. The molecule has 1 N–H and O–H groups in total. The fourth-order valence-corrected chi connectivity index (χ4v) is 7.03. The summed E-state index contributed by atoms with van der Waals surface area (Å²) in [5, 5.41) is 4.89. The highest BCUT2D eigenvalue weighted by atomic mass is 32.1. The van der Waals surface area contributed by atoms with Gasteiger partial charge in [0, 0.05) is 28.3 Å². The number of hydrogen-bond acceptors (Lipinski definition) is 7. The predicted molar refractivity (Wildman–Crippen MR) is 134 cm³/mol. The Kier molecular flexibility index (Phi) is 6.66. The van der Waals surface area contributed by atoms with Crippen LogP contribution in [0.1, 0.15) is 41.4 Å². The number of pyridine rings is 1. The largest absolute Gasteiger partial charge is 0.340 e. The average Bonchev–Trinajstić information content (AvgIpc) is 3.61. The van der Waals surface area contributed by atoms with Gasteiger partial charge in [-0.2, -0.15) is 0 Å². The van der Waals surface area contributed by atoms with Crippen molar-refractivity contribution in [2.45, 2.75) is 50.7 Å². The lowest BCUT2D eigenvalue weighted by atomic mass is 10.1. The summed E-state index contributed by atoms with van der Waals surface area (Å²) >= 11 is 2.98. The van der Waals surface area contributed by atoms with Gasteiger partial charge >= 0.3 is 0 Å². The van der Waals surface area contributed by atoms with E-state index in [0.717, 1.165) is 15.0 Å². The van der Waals surface area contributed by atoms with Gasteiger partial charge in [0.2, 0.25) is 11.8 Å². The third-order valence-electron chi connectivity index (χ3n) is 6.65. The molecule has 35 heavy (non-hydrogen) atoms. The van der Waals surface area contributed by atoms with Gasteiger partial charge in [0.25, 0.3) is 5.91 Å². The van der Waals surface area contributed by atoms with Gasteiger partial charge < -0.3 is 15.1 Å². The summed E-state index contributed by atoms with van der Waals surface area (Å²) in [6, 6.07) is 5.76. The van der Waals surface area contributed by atoms with E-state index in [4.69, 9.17) is 0 Å². The molecule has 0 bridgehead atoms. The van der Waals surface area contributed by atoms with E-state index >= 15 is 0 Å². The summed E-state index contributed by atoms with van der Waals surface area (Å²) in [7, 11) is 0. The Hall–Kier alpha value is -3.11. The van der Waals surface area contributed by atoms with Gasteiger partial charge in [-0.3, -0.25) is 24.2 Å². The molecule has 5 heterocycles. The number of carbonyl (C=O) groups is 4. The summed E-state index contributed by atoms with van der Waals surface area (Å²) in [5.41, 5.74) is 0.790. The maximum Gasteiger partial charge on any atom is 0.262 e. The minimum absolute atomic E-state index is 0.00887. The lowest BCUT2D eigenvalue weighted by molar-refractivity contribution is -0.138. The topological polar surface area (TPSA) is 99.7 Å². The normalized spacial score (nSPS) is 20.3. The fraction of sp³-hybridized carbons (Fsp3) is 0.400. The van der Waals surface area contributed by atoms with Gasteiger partial charge in [-0.15, -0.1) is 22.7 Å². The lowest BCUT2D eigenvalue weighted by Crippen LogP contribution is -2.52. The maximum absolute atomic E-state index is 13.5. The molecule has 3 unspecified atom stereocenters. The highest BCUT2D eigenvalue weighted by Gasteiger charge is 2.52. The number of thiophene rings is 2. The number of likely N-dealkylation sites (tertiary alicyclic amines) is 2. The Labute approximate surface area is 210 Å². The number of amides is 3. The van der Waals surface area contributed by atoms with E-state index in [0.29, 0.717) is 30.7 Å². The minimum Gasteiger partial charge on any atom is -0.340 e. The molecular weight excluding hydrogens is 484 g/mol. The quantitative estimate of drug-likeness (QED) is 0.527. The molecule has 5 rings (SSSR count). The van der Waals surface area contributed by atoms with E-state index in [-0.39, 0.29) is 42.5 Å². The summed E-state index contributed by atoms with van der Waals surface area (Å²) in [6.45, 7) is 2.36. The van der Waals surface area contributed by atoms with Crippen LogP contribution in [0.2, 0.25) is 0 Å². The van der Waals surface area contributed by atoms with Crippen molar-refractivity contribution in [1.82, 2.24) is 20.1 Å². The van der Waals surface area contributed by atoms with Crippen LogP contribution in [0.25, 0.3) is 9.40 Å². The molecule has 3 aromatic heterocycles. The van der Waals surface area contributed by atoms with Crippen LogP contribution in [0.3, 0.4) is 0 Å². The Morgan fingerprint density at radius 2 is 2.09 bits per heavy atom. The van der Waals surface area contributed by atoms with Crippen LogP contribution < -0.4 is 5.32 Å². The van der Waals surface area contributed by atoms with Gasteiger partial charge in [-0.25, -0.2) is 0 Å². The molecule has 0 radical (unpaired) electrons. The smallest absolute Gasteiger partial charge is 0.262 e. The molecule has 2 aliphatic rings. The van der Waals surface area contributed by atoms with Gasteiger partial charge in [0.15, 0.2) is 5.78 Å². The first-order valence-electron chi connectivity index (χ1n) is 11.8. The van der Waals surface area contributed by atoms with Gasteiger partial charge in [-0.1, -0.05) is 19.4 Å². The van der Waals surface area contributed by atoms with E-state index in [9.17, 15) is 19.2 Å². The number of ketones is 1. The lowest BCUT2D eigenvalue weighted by Gasteiger charge is -2.28. The molecular formula is C25H26N4O4S2. The molecule has 0 aromatic carbocycles. The third kappa shape index (κ3) is 4.60. The van der Waals surface area contributed by atoms with Crippen molar-refractivity contribution in [3.63, 3.8) is 0 Å². The monoisotopic (exact) mass is 510 g/mol. The Bertz CT molecular complexity index is 1240. The molecule has 2 aliphatic heterocycles. The first kappa shape index (κ1) is 23.6. The van der Waals surface area contributed by atoms with Crippen LogP contribution in [0.4, 0.5) is 0 Å². The summed E-state index contributed by atoms with van der Waals surface area (Å²) < 4.78 is 2.10.